The number of methoxy groups -OCH3 is 1. The highest BCUT2D eigenvalue weighted by Gasteiger charge is 2.15. The normalized spacial score (nSPS) is 11.1. The maximum Gasteiger partial charge on any atom is 0.159 e. The third-order valence-electron chi connectivity index (χ3n) is 4.22. The second-order valence-electron chi connectivity index (χ2n) is 6.32. The molecule has 0 bridgehead atoms. The van der Waals surface area contributed by atoms with Crippen LogP contribution in [0, 0.1) is 6.92 Å². The van der Waals surface area contributed by atoms with Crippen LogP contribution in [0.2, 0.25) is 0 Å². The Morgan fingerprint density at radius 3 is 2.62 bits per heavy atom. The summed E-state index contributed by atoms with van der Waals surface area (Å²) in [7, 11) is 1.66. The molecule has 3 aromatic rings. The van der Waals surface area contributed by atoms with Gasteiger partial charge >= 0.3 is 0 Å². The first kappa shape index (κ1) is 18.4. The third kappa shape index (κ3) is 4.62. The van der Waals surface area contributed by atoms with E-state index in [1.54, 1.807) is 31.6 Å². The number of ketones is 1. The van der Waals surface area contributed by atoms with Gasteiger partial charge < -0.3 is 9.15 Å². The highest BCUT2D eigenvalue weighted by Crippen LogP contribution is 2.25. The zero-order chi connectivity index (χ0) is 18.5. The van der Waals surface area contributed by atoms with Gasteiger partial charge in [0.25, 0.3) is 0 Å². The Morgan fingerprint density at radius 2 is 2.00 bits per heavy atom. The van der Waals surface area contributed by atoms with Gasteiger partial charge in [-0.15, -0.1) is 11.3 Å². The monoisotopic (exact) mass is 369 g/mol. The zero-order valence-corrected chi connectivity index (χ0v) is 16.1. The number of aryl methyl sites for hydroxylation is 1. The van der Waals surface area contributed by atoms with Crippen molar-refractivity contribution in [2.75, 3.05) is 7.11 Å². The van der Waals surface area contributed by atoms with Crippen molar-refractivity contribution in [1.82, 2.24) is 4.90 Å². The Morgan fingerprint density at radius 1 is 1.15 bits per heavy atom. The van der Waals surface area contributed by atoms with E-state index >= 15 is 0 Å². The van der Waals surface area contributed by atoms with E-state index in [-0.39, 0.29) is 5.78 Å². The number of nitrogens with zero attached hydrogens (tertiary/aromatic N) is 1. The summed E-state index contributed by atoms with van der Waals surface area (Å²) in [5, 5.41) is 0. The Bertz CT molecular complexity index is 867. The molecule has 0 saturated heterocycles. The molecule has 0 N–H and O–H groups in total. The van der Waals surface area contributed by atoms with Crippen molar-refractivity contribution in [2.24, 2.45) is 0 Å². The summed E-state index contributed by atoms with van der Waals surface area (Å²) < 4.78 is 11.1. The van der Waals surface area contributed by atoms with Crippen LogP contribution >= 0.6 is 11.3 Å². The Kier molecular flexibility index (Phi) is 5.91. The molecule has 2 aromatic heterocycles. The predicted molar refractivity (Wildman–Crippen MR) is 104 cm³/mol. The van der Waals surface area contributed by atoms with Gasteiger partial charge in [0.1, 0.15) is 11.5 Å². The molecule has 3 rings (SSSR count). The number of hydrogen-bond donors (Lipinski definition) is 0. The van der Waals surface area contributed by atoms with Gasteiger partial charge in [-0.3, -0.25) is 9.69 Å². The van der Waals surface area contributed by atoms with E-state index in [1.807, 2.05) is 30.3 Å². The first-order valence-electron chi connectivity index (χ1n) is 8.53. The minimum absolute atomic E-state index is 0.0559. The van der Waals surface area contributed by atoms with Crippen molar-refractivity contribution < 1.29 is 13.9 Å². The molecule has 0 aliphatic rings. The second-order valence-corrected chi connectivity index (χ2v) is 7.69. The van der Waals surface area contributed by atoms with Crippen LogP contribution in [0.5, 0.6) is 5.75 Å². The Hall–Kier alpha value is -2.37. The van der Waals surface area contributed by atoms with E-state index < -0.39 is 0 Å². The number of benzene rings is 1. The van der Waals surface area contributed by atoms with Crippen molar-refractivity contribution in [3.8, 4) is 5.75 Å². The van der Waals surface area contributed by atoms with Crippen molar-refractivity contribution in [3.05, 3.63) is 75.4 Å². The summed E-state index contributed by atoms with van der Waals surface area (Å²) >= 11 is 1.80. The molecule has 5 heteroatoms. The van der Waals surface area contributed by atoms with Crippen LogP contribution < -0.4 is 4.74 Å². The molecule has 0 amide bonds. The molecule has 0 fully saturated rings. The number of hydrogen-bond acceptors (Lipinski definition) is 5. The van der Waals surface area contributed by atoms with Gasteiger partial charge in [-0.2, -0.15) is 0 Å². The molecule has 0 atom stereocenters. The van der Waals surface area contributed by atoms with Crippen LogP contribution in [0.4, 0.5) is 0 Å². The SMILES string of the molecule is COc1ccc(C(C)=O)cc1CN(Cc1ccco1)Cc1ccc(C)s1. The molecular formula is C21H23NO3S. The maximum absolute atomic E-state index is 11.8. The molecule has 0 unspecified atom stereocenters. The van der Waals surface area contributed by atoms with E-state index in [4.69, 9.17) is 9.15 Å². The van der Waals surface area contributed by atoms with E-state index in [0.717, 1.165) is 23.6 Å². The number of Topliss-reactive ketones (excluding diaryl/α,β-unsaturated/α-hetero) is 1. The van der Waals surface area contributed by atoms with E-state index in [1.165, 1.54) is 9.75 Å². The fourth-order valence-corrected chi connectivity index (χ4v) is 3.88. The van der Waals surface area contributed by atoms with Crippen LogP contribution in [0.15, 0.2) is 53.1 Å². The first-order valence-corrected chi connectivity index (χ1v) is 9.34. The fourth-order valence-electron chi connectivity index (χ4n) is 2.94. The minimum atomic E-state index is 0.0559. The summed E-state index contributed by atoms with van der Waals surface area (Å²) in [6, 6.07) is 13.8. The summed E-state index contributed by atoms with van der Waals surface area (Å²) in [6.07, 6.45) is 1.69. The molecule has 2 heterocycles. The average molecular weight is 369 g/mol. The first-order chi connectivity index (χ1) is 12.5. The standard InChI is InChI=1S/C21H23NO3S/c1-15-6-8-20(26-15)14-22(13-19-5-4-10-25-19)12-18-11-17(16(2)23)7-9-21(18)24-3/h4-11H,12-14H2,1-3H3. The quantitative estimate of drug-likeness (QED) is 0.520. The molecule has 0 saturated carbocycles. The number of carbonyl (C=O) groups excluding carboxylic acids is 1. The van der Waals surface area contributed by atoms with Crippen LogP contribution in [0.1, 0.15) is 38.4 Å². The predicted octanol–water partition coefficient (Wildman–Crippen LogP) is 5.06. The van der Waals surface area contributed by atoms with Gasteiger partial charge in [0.05, 0.1) is 19.9 Å². The highest BCUT2D eigenvalue weighted by atomic mass is 32.1. The number of ether oxygens (including phenoxy) is 1. The zero-order valence-electron chi connectivity index (χ0n) is 15.3. The Balaban J connectivity index is 1.86. The van der Waals surface area contributed by atoms with Crippen LogP contribution in [0.3, 0.4) is 0 Å². The second kappa shape index (κ2) is 8.34. The average Bonchev–Trinajstić information content (AvgIpc) is 3.26. The maximum atomic E-state index is 11.8. The van der Waals surface area contributed by atoms with Gasteiger partial charge in [0.2, 0.25) is 0 Å². The van der Waals surface area contributed by atoms with E-state index in [2.05, 4.69) is 24.0 Å². The Labute approximate surface area is 158 Å². The topological polar surface area (TPSA) is 42.7 Å². The molecule has 4 nitrogen and oxygen atoms in total. The van der Waals surface area contributed by atoms with Crippen molar-refractivity contribution >= 4 is 17.1 Å². The van der Waals surface area contributed by atoms with Crippen LogP contribution in [0.25, 0.3) is 0 Å². The van der Waals surface area contributed by atoms with E-state index in [9.17, 15) is 4.79 Å². The summed E-state index contributed by atoms with van der Waals surface area (Å²) in [5.74, 6) is 1.77. The van der Waals surface area contributed by atoms with Gasteiger partial charge in [-0.1, -0.05) is 0 Å². The molecule has 0 aliphatic heterocycles. The van der Waals surface area contributed by atoms with E-state index in [0.29, 0.717) is 18.7 Å². The number of carbonyl (C=O) groups is 1. The number of rotatable bonds is 8. The molecule has 136 valence electrons. The lowest BCUT2D eigenvalue weighted by Crippen LogP contribution is -2.22. The molecule has 0 radical (unpaired) electrons. The summed E-state index contributed by atoms with van der Waals surface area (Å²) in [4.78, 5) is 16.7. The van der Waals surface area contributed by atoms with Crippen LogP contribution in [-0.4, -0.2) is 17.8 Å². The molecule has 1 aromatic carbocycles. The molecule has 26 heavy (non-hydrogen) atoms. The van der Waals surface area contributed by atoms with Crippen molar-refractivity contribution in [2.45, 2.75) is 33.5 Å². The summed E-state index contributed by atoms with van der Waals surface area (Å²) in [5.41, 5.74) is 1.70. The molecule has 0 aliphatic carbocycles. The van der Waals surface area contributed by atoms with Gasteiger partial charge in [-0.05, 0) is 56.3 Å². The minimum Gasteiger partial charge on any atom is -0.496 e. The van der Waals surface area contributed by atoms with Crippen molar-refractivity contribution in [3.63, 3.8) is 0 Å². The smallest absolute Gasteiger partial charge is 0.159 e. The number of furan rings is 1. The molecule has 0 spiro atoms. The third-order valence-corrected chi connectivity index (χ3v) is 5.20. The largest absolute Gasteiger partial charge is 0.496 e. The summed E-state index contributed by atoms with van der Waals surface area (Å²) in [6.45, 7) is 5.87. The van der Waals surface area contributed by atoms with Crippen molar-refractivity contribution in [1.29, 1.82) is 0 Å². The van der Waals surface area contributed by atoms with Gasteiger partial charge in [-0.25, -0.2) is 0 Å². The van der Waals surface area contributed by atoms with Gasteiger partial charge in [0.15, 0.2) is 5.78 Å². The lowest BCUT2D eigenvalue weighted by molar-refractivity contribution is 0.101. The van der Waals surface area contributed by atoms with Gasteiger partial charge in [0, 0.05) is 34.0 Å². The fraction of sp³-hybridized carbons (Fsp3) is 0.286. The lowest BCUT2D eigenvalue weighted by Gasteiger charge is -2.22. The number of thiophene rings is 1. The highest BCUT2D eigenvalue weighted by molar-refractivity contribution is 7.11. The van der Waals surface area contributed by atoms with Crippen LogP contribution in [-0.2, 0) is 19.6 Å². The molecular weight excluding hydrogens is 346 g/mol. The lowest BCUT2D eigenvalue weighted by atomic mass is 10.1.